The maximum Gasteiger partial charge on any atom is 0.223 e. The van der Waals surface area contributed by atoms with Crippen LogP contribution in [0.3, 0.4) is 0 Å². The number of fused-ring (bicyclic) bond motifs is 1. The molecule has 0 amide bonds. The average Bonchev–Trinajstić information content (AvgIpc) is 2.54. The van der Waals surface area contributed by atoms with E-state index in [1.54, 1.807) is 26.6 Å². The highest BCUT2D eigenvalue weighted by molar-refractivity contribution is 5.97. The maximum absolute atomic E-state index is 5.39. The van der Waals surface area contributed by atoms with Crippen LogP contribution in [0.25, 0.3) is 22.0 Å². The number of nitrogens with one attached hydrogen (secondary N) is 1. The highest BCUT2D eigenvalue weighted by atomic mass is 16.5. The zero-order valence-corrected chi connectivity index (χ0v) is 11.3. The predicted molar refractivity (Wildman–Crippen MR) is 78.9 cm³/mol. The second-order valence-electron chi connectivity index (χ2n) is 4.26. The summed E-state index contributed by atoms with van der Waals surface area (Å²) < 4.78 is 5.39. The van der Waals surface area contributed by atoms with Crippen molar-refractivity contribution in [1.82, 2.24) is 15.0 Å². The molecule has 5 nitrogen and oxygen atoms in total. The van der Waals surface area contributed by atoms with Crippen molar-refractivity contribution in [2.24, 2.45) is 0 Å². The molecule has 0 unspecified atom stereocenters. The smallest absolute Gasteiger partial charge is 0.223 e. The molecule has 0 bridgehead atoms. The van der Waals surface area contributed by atoms with Gasteiger partial charge < -0.3 is 10.1 Å². The Morgan fingerprint density at radius 1 is 1.10 bits per heavy atom. The molecule has 0 atom stereocenters. The fraction of sp³-hybridized carbons (Fsp3) is 0.133. The number of rotatable bonds is 3. The minimum Gasteiger partial charge on any atom is -0.494 e. The van der Waals surface area contributed by atoms with Gasteiger partial charge in [-0.15, -0.1) is 0 Å². The summed E-state index contributed by atoms with van der Waals surface area (Å²) in [6, 6.07) is 7.86. The Morgan fingerprint density at radius 3 is 2.60 bits per heavy atom. The number of nitrogens with zero attached hydrogens (tertiary/aromatic N) is 3. The van der Waals surface area contributed by atoms with Crippen molar-refractivity contribution < 1.29 is 4.74 Å². The van der Waals surface area contributed by atoms with Gasteiger partial charge in [-0.1, -0.05) is 0 Å². The Kier molecular flexibility index (Phi) is 3.16. The van der Waals surface area contributed by atoms with Gasteiger partial charge in [0.25, 0.3) is 0 Å². The number of methoxy groups -OCH3 is 1. The van der Waals surface area contributed by atoms with E-state index in [1.165, 1.54) is 0 Å². The highest BCUT2D eigenvalue weighted by Gasteiger charge is 2.10. The van der Waals surface area contributed by atoms with E-state index in [2.05, 4.69) is 20.3 Å². The first kappa shape index (κ1) is 12.3. The number of pyridine rings is 1. The number of hydrogen-bond acceptors (Lipinski definition) is 5. The summed E-state index contributed by atoms with van der Waals surface area (Å²) in [4.78, 5) is 12.8. The second-order valence-corrected chi connectivity index (χ2v) is 4.26. The summed E-state index contributed by atoms with van der Waals surface area (Å²) in [7, 11) is 3.43. The van der Waals surface area contributed by atoms with Gasteiger partial charge in [0.05, 0.1) is 7.11 Å². The van der Waals surface area contributed by atoms with Crippen LogP contribution in [0.1, 0.15) is 0 Å². The Hall–Kier alpha value is -2.69. The third kappa shape index (κ3) is 2.03. The van der Waals surface area contributed by atoms with Gasteiger partial charge in [-0.25, -0.2) is 9.97 Å². The van der Waals surface area contributed by atoms with Crippen molar-refractivity contribution in [3.63, 3.8) is 0 Å². The first-order valence-corrected chi connectivity index (χ1v) is 6.25. The molecular weight excluding hydrogens is 252 g/mol. The molecule has 0 aliphatic carbocycles. The van der Waals surface area contributed by atoms with Crippen LogP contribution in [0.5, 0.6) is 5.75 Å². The largest absolute Gasteiger partial charge is 0.494 e. The Balaban J connectivity index is 2.30. The third-order valence-electron chi connectivity index (χ3n) is 3.15. The summed E-state index contributed by atoms with van der Waals surface area (Å²) in [5.74, 6) is 1.30. The van der Waals surface area contributed by atoms with Gasteiger partial charge in [0.2, 0.25) is 5.95 Å². The van der Waals surface area contributed by atoms with E-state index in [-0.39, 0.29) is 0 Å². The average molecular weight is 266 g/mol. The standard InChI is InChI=1S/C15H14N4O/c1-16-15-18-9-12-11(10-5-7-17-8-6-10)3-4-13(20-2)14(12)19-15/h3-9H,1-2H3,(H,16,18,19). The van der Waals surface area contributed by atoms with E-state index >= 15 is 0 Å². The van der Waals surface area contributed by atoms with Crippen LogP contribution < -0.4 is 10.1 Å². The summed E-state index contributed by atoms with van der Waals surface area (Å²) >= 11 is 0. The lowest BCUT2D eigenvalue weighted by molar-refractivity contribution is 0.419. The van der Waals surface area contributed by atoms with Crippen LogP contribution >= 0.6 is 0 Å². The van der Waals surface area contributed by atoms with E-state index in [4.69, 9.17) is 4.74 Å². The van der Waals surface area contributed by atoms with Crippen LogP contribution in [0.15, 0.2) is 42.9 Å². The SMILES string of the molecule is CNc1ncc2c(-c3ccncc3)ccc(OC)c2n1. The predicted octanol–water partition coefficient (Wildman–Crippen LogP) is 2.74. The molecule has 2 aromatic heterocycles. The van der Waals surface area contributed by atoms with E-state index < -0.39 is 0 Å². The second kappa shape index (κ2) is 5.13. The summed E-state index contributed by atoms with van der Waals surface area (Å²) in [6.45, 7) is 0. The van der Waals surface area contributed by atoms with E-state index in [9.17, 15) is 0 Å². The van der Waals surface area contributed by atoms with E-state index in [0.717, 1.165) is 27.8 Å². The molecule has 100 valence electrons. The number of ether oxygens (including phenoxy) is 1. The summed E-state index contributed by atoms with van der Waals surface area (Å²) in [5, 5.41) is 3.90. The summed E-state index contributed by atoms with van der Waals surface area (Å²) in [5.41, 5.74) is 2.93. The normalized spacial score (nSPS) is 10.5. The minimum atomic E-state index is 0.572. The van der Waals surface area contributed by atoms with Crippen molar-refractivity contribution in [3.8, 4) is 16.9 Å². The molecule has 0 radical (unpaired) electrons. The van der Waals surface area contributed by atoms with Crippen LogP contribution in [0.4, 0.5) is 5.95 Å². The van der Waals surface area contributed by atoms with E-state index in [0.29, 0.717) is 5.95 Å². The summed E-state index contributed by atoms with van der Waals surface area (Å²) in [6.07, 6.45) is 5.36. The lowest BCUT2D eigenvalue weighted by atomic mass is 10.0. The topological polar surface area (TPSA) is 59.9 Å². The van der Waals surface area contributed by atoms with Crippen molar-refractivity contribution in [2.75, 3.05) is 19.5 Å². The molecule has 0 saturated carbocycles. The van der Waals surface area contributed by atoms with Gasteiger partial charge in [-0.2, -0.15) is 0 Å². The van der Waals surface area contributed by atoms with Gasteiger partial charge >= 0.3 is 0 Å². The Bertz CT molecular complexity index is 743. The molecule has 0 aliphatic heterocycles. The highest BCUT2D eigenvalue weighted by Crippen LogP contribution is 2.33. The number of aromatic nitrogens is 3. The quantitative estimate of drug-likeness (QED) is 0.789. The first-order chi connectivity index (χ1) is 9.83. The molecule has 3 rings (SSSR count). The first-order valence-electron chi connectivity index (χ1n) is 6.25. The monoisotopic (exact) mass is 266 g/mol. The third-order valence-corrected chi connectivity index (χ3v) is 3.15. The lowest BCUT2D eigenvalue weighted by Gasteiger charge is -2.10. The molecule has 0 saturated heterocycles. The molecular formula is C15H14N4O. The Morgan fingerprint density at radius 2 is 1.90 bits per heavy atom. The fourth-order valence-electron chi connectivity index (χ4n) is 2.16. The van der Waals surface area contributed by atoms with Gasteiger partial charge in [0.1, 0.15) is 11.3 Å². The molecule has 2 heterocycles. The molecule has 5 heteroatoms. The van der Waals surface area contributed by atoms with Crippen molar-refractivity contribution in [1.29, 1.82) is 0 Å². The van der Waals surface area contributed by atoms with Crippen LogP contribution in [-0.4, -0.2) is 29.1 Å². The molecule has 3 aromatic rings. The molecule has 1 aromatic carbocycles. The lowest BCUT2D eigenvalue weighted by Crippen LogP contribution is -1.98. The van der Waals surface area contributed by atoms with Gasteiger partial charge in [-0.05, 0) is 35.4 Å². The number of benzene rings is 1. The molecule has 0 spiro atoms. The van der Waals surface area contributed by atoms with Gasteiger partial charge in [-0.3, -0.25) is 4.98 Å². The van der Waals surface area contributed by atoms with Crippen molar-refractivity contribution in [3.05, 3.63) is 42.9 Å². The van der Waals surface area contributed by atoms with E-state index in [1.807, 2.05) is 30.5 Å². The van der Waals surface area contributed by atoms with Gasteiger partial charge in [0.15, 0.2) is 0 Å². The van der Waals surface area contributed by atoms with Gasteiger partial charge in [0, 0.05) is 31.0 Å². The van der Waals surface area contributed by atoms with Crippen LogP contribution in [0, 0.1) is 0 Å². The minimum absolute atomic E-state index is 0.572. The molecule has 20 heavy (non-hydrogen) atoms. The maximum atomic E-state index is 5.39. The van der Waals surface area contributed by atoms with Crippen molar-refractivity contribution in [2.45, 2.75) is 0 Å². The van der Waals surface area contributed by atoms with Crippen LogP contribution in [-0.2, 0) is 0 Å². The molecule has 0 aliphatic rings. The zero-order chi connectivity index (χ0) is 13.9. The van der Waals surface area contributed by atoms with Crippen LogP contribution in [0.2, 0.25) is 0 Å². The number of anilines is 1. The Labute approximate surface area is 116 Å². The molecule has 1 N–H and O–H groups in total. The fourth-order valence-corrected chi connectivity index (χ4v) is 2.16. The zero-order valence-electron chi connectivity index (χ0n) is 11.3. The number of hydrogen-bond donors (Lipinski definition) is 1. The van der Waals surface area contributed by atoms with Crippen molar-refractivity contribution >= 4 is 16.9 Å². The molecule has 0 fully saturated rings.